The maximum atomic E-state index is 12.2. The maximum absolute atomic E-state index is 12.2. The van der Waals surface area contributed by atoms with Gasteiger partial charge in [0.15, 0.2) is 0 Å². The molecule has 2 aromatic rings. The fraction of sp³-hybridized carbons (Fsp3) is 0.474. The van der Waals surface area contributed by atoms with Crippen LogP contribution in [0.1, 0.15) is 28.6 Å². The molecule has 0 bridgehead atoms. The van der Waals surface area contributed by atoms with Gasteiger partial charge in [-0.25, -0.2) is 0 Å². The average molecular weight is 378 g/mol. The van der Waals surface area contributed by atoms with Crippen LogP contribution < -0.4 is 10.1 Å². The van der Waals surface area contributed by atoms with Crippen molar-refractivity contribution >= 4 is 17.7 Å². The number of amides is 1. The second-order valence-electron chi connectivity index (χ2n) is 6.35. The molecule has 7 heteroatoms. The summed E-state index contributed by atoms with van der Waals surface area (Å²) in [6.45, 7) is 4.37. The monoisotopic (exact) mass is 377 g/mol. The molecule has 1 atom stereocenters. The van der Waals surface area contributed by atoms with E-state index in [0.717, 1.165) is 34.1 Å². The van der Waals surface area contributed by atoms with Crippen LogP contribution in [0.3, 0.4) is 0 Å². The number of likely N-dealkylation sites (N-methyl/N-ethyl adjacent to an activating group) is 1. The molecule has 0 saturated heterocycles. The van der Waals surface area contributed by atoms with Gasteiger partial charge in [0.1, 0.15) is 11.5 Å². The fourth-order valence-electron chi connectivity index (χ4n) is 2.64. The van der Waals surface area contributed by atoms with E-state index < -0.39 is 0 Å². The molecule has 6 nitrogen and oxygen atoms in total. The third-order valence-corrected chi connectivity index (χ3v) is 5.24. The molecule has 26 heavy (non-hydrogen) atoms. The number of benzene rings is 1. The van der Waals surface area contributed by atoms with Crippen LogP contribution in [0.25, 0.3) is 0 Å². The number of nitrogens with zero attached hydrogens (tertiary/aromatic N) is 2. The number of aromatic nitrogens is 1. The highest BCUT2D eigenvalue weighted by atomic mass is 32.2. The predicted octanol–water partition coefficient (Wildman–Crippen LogP) is 2.95. The second kappa shape index (κ2) is 9.64. The Labute approximate surface area is 159 Å². The Morgan fingerprint density at radius 2 is 2.00 bits per heavy atom. The molecular formula is C19H27N3O3S. The minimum Gasteiger partial charge on any atom is -0.497 e. The first kappa shape index (κ1) is 20.3. The van der Waals surface area contributed by atoms with E-state index in [1.807, 2.05) is 52.2 Å². The van der Waals surface area contributed by atoms with Gasteiger partial charge in [-0.05, 0) is 45.6 Å². The molecule has 1 unspecified atom stereocenters. The van der Waals surface area contributed by atoms with Crippen LogP contribution in [0.2, 0.25) is 0 Å². The van der Waals surface area contributed by atoms with Crippen LogP contribution >= 0.6 is 11.8 Å². The zero-order valence-corrected chi connectivity index (χ0v) is 16.9. The molecule has 2 rings (SSSR count). The van der Waals surface area contributed by atoms with E-state index in [0.29, 0.717) is 12.3 Å². The van der Waals surface area contributed by atoms with E-state index in [-0.39, 0.29) is 11.9 Å². The van der Waals surface area contributed by atoms with Crippen molar-refractivity contribution < 1.29 is 14.1 Å². The van der Waals surface area contributed by atoms with Gasteiger partial charge in [0.25, 0.3) is 0 Å². The Balaban J connectivity index is 1.83. The van der Waals surface area contributed by atoms with E-state index >= 15 is 0 Å². The molecule has 1 N–H and O–H groups in total. The SMILES string of the molecule is COc1ccc(C(CNC(=O)CSCc2c(C)noc2C)N(C)C)cc1. The van der Waals surface area contributed by atoms with Crippen molar-refractivity contribution in [1.29, 1.82) is 0 Å². The number of hydrogen-bond acceptors (Lipinski definition) is 6. The topological polar surface area (TPSA) is 67.6 Å². The maximum Gasteiger partial charge on any atom is 0.230 e. The van der Waals surface area contributed by atoms with Gasteiger partial charge in [0, 0.05) is 17.9 Å². The average Bonchev–Trinajstić information content (AvgIpc) is 2.94. The molecule has 1 aromatic carbocycles. The van der Waals surface area contributed by atoms with Gasteiger partial charge in [-0.3, -0.25) is 4.79 Å². The number of hydrogen-bond donors (Lipinski definition) is 1. The lowest BCUT2D eigenvalue weighted by Crippen LogP contribution is -2.35. The lowest BCUT2D eigenvalue weighted by atomic mass is 10.1. The van der Waals surface area contributed by atoms with Gasteiger partial charge in [0.05, 0.1) is 24.6 Å². The smallest absolute Gasteiger partial charge is 0.230 e. The van der Waals surface area contributed by atoms with Crippen LogP contribution in [0.4, 0.5) is 0 Å². The standard InChI is InChI=1S/C19H27N3O3S/c1-13-17(14(2)25-21-13)11-26-12-19(23)20-10-18(22(3)4)15-6-8-16(24-5)9-7-15/h6-9,18H,10-12H2,1-5H3,(H,20,23). The summed E-state index contributed by atoms with van der Waals surface area (Å²) in [7, 11) is 5.67. The molecule has 0 aliphatic rings. The molecule has 142 valence electrons. The van der Waals surface area contributed by atoms with Crippen LogP contribution in [0.5, 0.6) is 5.75 Å². The molecular weight excluding hydrogens is 350 g/mol. The predicted molar refractivity (Wildman–Crippen MR) is 105 cm³/mol. The van der Waals surface area contributed by atoms with Crippen molar-refractivity contribution in [2.24, 2.45) is 0 Å². The molecule has 0 radical (unpaired) electrons. The Morgan fingerprint density at radius 3 is 2.54 bits per heavy atom. The molecule has 1 aromatic heterocycles. The number of carbonyl (C=O) groups excluding carboxylic acids is 1. The van der Waals surface area contributed by atoms with Crippen molar-refractivity contribution in [3.63, 3.8) is 0 Å². The summed E-state index contributed by atoms with van der Waals surface area (Å²) in [4.78, 5) is 14.3. The Morgan fingerprint density at radius 1 is 1.31 bits per heavy atom. The third kappa shape index (κ3) is 5.51. The molecule has 0 saturated carbocycles. The fourth-order valence-corrected chi connectivity index (χ4v) is 3.65. The van der Waals surface area contributed by atoms with E-state index in [4.69, 9.17) is 9.26 Å². The number of methoxy groups -OCH3 is 1. The summed E-state index contributed by atoms with van der Waals surface area (Å²) in [6.07, 6.45) is 0. The number of thioether (sulfide) groups is 1. The lowest BCUT2D eigenvalue weighted by Gasteiger charge is -2.25. The minimum atomic E-state index is 0.0297. The van der Waals surface area contributed by atoms with Gasteiger partial charge >= 0.3 is 0 Å². The number of carbonyl (C=O) groups is 1. The Hall–Kier alpha value is -1.99. The molecule has 1 amide bonds. The largest absolute Gasteiger partial charge is 0.497 e. The minimum absolute atomic E-state index is 0.0297. The Bertz CT molecular complexity index is 694. The third-order valence-electron chi connectivity index (χ3n) is 4.28. The normalized spacial score (nSPS) is 12.2. The Kier molecular flexibility index (Phi) is 7.53. The molecule has 0 aliphatic heterocycles. The lowest BCUT2D eigenvalue weighted by molar-refractivity contribution is -0.118. The van der Waals surface area contributed by atoms with Crippen molar-refractivity contribution in [3.05, 3.63) is 46.8 Å². The van der Waals surface area contributed by atoms with Gasteiger partial charge in [-0.15, -0.1) is 11.8 Å². The van der Waals surface area contributed by atoms with Crippen molar-refractivity contribution in [1.82, 2.24) is 15.4 Å². The van der Waals surface area contributed by atoms with E-state index in [1.54, 1.807) is 18.9 Å². The van der Waals surface area contributed by atoms with E-state index in [1.165, 1.54) is 0 Å². The van der Waals surface area contributed by atoms with Gasteiger partial charge < -0.3 is 19.5 Å². The highest BCUT2D eigenvalue weighted by molar-refractivity contribution is 7.99. The highest BCUT2D eigenvalue weighted by Gasteiger charge is 2.16. The molecule has 0 aliphatic carbocycles. The van der Waals surface area contributed by atoms with Crippen molar-refractivity contribution in [3.8, 4) is 5.75 Å². The summed E-state index contributed by atoms with van der Waals surface area (Å²) in [5, 5.41) is 6.96. The van der Waals surface area contributed by atoms with E-state index in [9.17, 15) is 4.79 Å². The second-order valence-corrected chi connectivity index (χ2v) is 7.34. The van der Waals surface area contributed by atoms with Crippen molar-refractivity contribution in [2.45, 2.75) is 25.6 Å². The molecule has 0 spiro atoms. The first-order valence-electron chi connectivity index (χ1n) is 8.49. The van der Waals surface area contributed by atoms with Crippen LogP contribution in [-0.2, 0) is 10.5 Å². The first-order valence-corrected chi connectivity index (χ1v) is 9.64. The molecule has 1 heterocycles. The first-order chi connectivity index (χ1) is 12.4. The summed E-state index contributed by atoms with van der Waals surface area (Å²) in [5.74, 6) is 2.81. The number of nitrogens with one attached hydrogen (secondary N) is 1. The quantitative estimate of drug-likeness (QED) is 0.725. The summed E-state index contributed by atoms with van der Waals surface area (Å²) >= 11 is 1.57. The zero-order chi connectivity index (χ0) is 19.1. The van der Waals surface area contributed by atoms with Crippen LogP contribution in [0, 0.1) is 13.8 Å². The zero-order valence-electron chi connectivity index (χ0n) is 16.0. The van der Waals surface area contributed by atoms with E-state index in [2.05, 4.69) is 15.4 Å². The van der Waals surface area contributed by atoms with Gasteiger partial charge in [-0.2, -0.15) is 0 Å². The van der Waals surface area contributed by atoms with Gasteiger partial charge in [-0.1, -0.05) is 17.3 Å². The number of ether oxygens (including phenoxy) is 1. The van der Waals surface area contributed by atoms with Gasteiger partial charge in [0.2, 0.25) is 5.91 Å². The summed E-state index contributed by atoms with van der Waals surface area (Å²) in [6, 6.07) is 8.04. The summed E-state index contributed by atoms with van der Waals surface area (Å²) in [5.41, 5.74) is 3.11. The number of aryl methyl sites for hydroxylation is 2. The molecule has 0 fully saturated rings. The van der Waals surface area contributed by atoms with Crippen molar-refractivity contribution in [2.75, 3.05) is 33.5 Å². The summed E-state index contributed by atoms with van der Waals surface area (Å²) < 4.78 is 10.3. The van der Waals surface area contributed by atoms with Crippen LogP contribution in [-0.4, -0.2) is 49.5 Å². The highest BCUT2D eigenvalue weighted by Crippen LogP contribution is 2.21. The number of rotatable bonds is 9. The van der Waals surface area contributed by atoms with Crippen LogP contribution in [0.15, 0.2) is 28.8 Å².